The predicted molar refractivity (Wildman–Crippen MR) is 67.5 cm³/mol. The van der Waals surface area contributed by atoms with E-state index in [1.165, 1.54) is 0 Å². The average Bonchev–Trinajstić information content (AvgIpc) is 2.40. The first-order chi connectivity index (χ1) is 8.79. The van der Waals surface area contributed by atoms with Crippen molar-refractivity contribution in [3.63, 3.8) is 0 Å². The molecule has 3 heteroatoms. The molecule has 0 bridgehead atoms. The van der Waals surface area contributed by atoms with Gasteiger partial charge in [-0.05, 0) is 17.7 Å². The van der Waals surface area contributed by atoms with Crippen molar-refractivity contribution < 1.29 is 13.9 Å². The van der Waals surface area contributed by atoms with Gasteiger partial charge >= 0.3 is 0 Å². The van der Waals surface area contributed by atoms with Gasteiger partial charge in [0.15, 0.2) is 5.78 Å². The van der Waals surface area contributed by atoms with Crippen LogP contribution in [0.3, 0.4) is 0 Å². The molecule has 0 unspecified atom stereocenters. The summed E-state index contributed by atoms with van der Waals surface area (Å²) in [7, 11) is 0. The van der Waals surface area contributed by atoms with Crippen molar-refractivity contribution in [2.45, 2.75) is 6.42 Å². The molecule has 18 heavy (non-hydrogen) atoms. The number of hydrogen-bond donors (Lipinski definition) is 0. The molecular formula is C15H13FO2. The standard InChI is InChI=1S/C15H13FO2/c16-11-18-14-8-4-7-13(10-14)15(17)9-12-5-2-1-3-6-12/h1-8,10H,9,11H2. The summed E-state index contributed by atoms with van der Waals surface area (Å²) in [6.07, 6.45) is 0.333. The van der Waals surface area contributed by atoms with Gasteiger partial charge < -0.3 is 4.74 Å². The zero-order valence-corrected chi connectivity index (χ0v) is 9.80. The highest BCUT2D eigenvalue weighted by Gasteiger charge is 2.07. The van der Waals surface area contributed by atoms with Crippen molar-refractivity contribution in [2.75, 3.05) is 6.86 Å². The van der Waals surface area contributed by atoms with E-state index >= 15 is 0 Å². The van der Waals surface area contributed by atoms with Gasteiger partial charge in [-0.25, -0.2) is 4.39 Å². The molecule has 0 N–H and O–H groups in total. The molecule has 0 fully saturated rings. The third-order valence-electron chi connectivity index (χ3n) is 2.58. The first-order valence-corrected chi connectivity index (χ1v) is 5.65. The van der Waals surface area contributed by atoms with E-state index in [-0.39, 0.29) is 5.78 Å². The maximum atomic E-state index is 12.1. The lowest BCUT2D eigenvalue weighted by Crippen LogP contribution is -2.03. The monoisotopic (exact) mass is 244 g/mol. The molecule has 0 aliphatic rings. The van der Waals surface area contributed by atoms with Crippen LogP contribution in [0.5, 0.6) is 5.75 Å². The van der Waals surface area contributed by atoms with Gasteiger partial charge in [0.1, 0.15) is 5.75 Å². The van der Waals surface area contributed by atoms with Crippen LogP contribution in [-0.2, 0) is 6.42 Å². The Hall–Kier alpha value is -2.16. The van der Waals surface area contributed by atoms with E-state index in [0.717, 1.165) is 5.56 Å². The molecule has 0 spiro atoms. The SMILES string of the molecule is O=C(Cc1ccccc1)c1cccc(OCF)c1. The van der Waals surface area contributed by atoms with Crippen molar-refractivity contribution in [3.05, 3.63) is 65.7 Å². The summed E-state index contributed by atoms with van der Waals surface area (Å²) in [5.41, 5.74) is 1.49. The summed E-state index contributed by atoms with van der Waals surface area (Å²) in [5.74, 6) is 0.363. The lowest BCUT2D eigenvalue weighted by Gasteiger charge is -2.04. The summed E-state index contributed by atoms with van der Waals surface area (Å²) in [4.78, 5) is 12.0. The molecule has 0 atom stereocenters. The molecule has 2 nitrogen and oxygen atoms in total. The summed E-state index contributed by atoms with van der Waals surface area (Å²) >= 11 is 0. The predicted octanol–water partition coefficient (Wildman–Crippen LogP) is 3.42. The number of halogens is 1. The molecule has 0 saturated carbocycles. The highest BCUT2D eigenvalue weighted by molar-refractivity contribution is 5.97. The van der Waals surface area contributed by atoms with E-state index in [1.807, 2.05) is 30.3 Å². The number of carbonyl (C=O) groups excluding carboxylic acids is 1. The molecular weight excluding hydrogens is 231 g/mol. The fraction of sp³-hybridized carbons (Fsp3) is 0.133. The maximum absolute atomic E-state index is 12.1. The molecule has 2 aromatic rings. The van der Waals surface area contributed by atoms with Gasteiger partial charge in [-0.2, -0.15) is 0 Å². The minimum absolute atomic E-state index is 0.00879. The Kier molecular flexibility index (Phi) is 4.07. The molecule has 0 aliphatic carbocycles. The lowest BCUT2D eigenvalue weighted by molar-refractivity contribution is 0.0992. The zero-order chi connectivity index (χ0) is 12.8. The van der Waals surface area contributed by atoms with Crippen LogP contribution < -0.4 is 4.74 Å². The number of rotatable bonds is 5. The number of ketones is 1. The second kappa shape index (κ2) is 5.96. The third-order valence-corrected chi connectivity index (χ3v) is 2.58. The van der Waals surface area contributed by atoms with E-state index in [9.17, 15) is 9.18 Å². The molecule has 0 aromatic heterocycles. The third kappa shape index (κ3) is 3.17. The minimum Gasteiger partial charge on any atom is -0.463 e. The van der Waals surface area contributed by atoms with Crippen LogP contribution in [0.2, 0.25) is 0 Å². The molecule has 2 aromatic carbocycles. The van der Waals surface area contributed by atoms with Crippen molar-refractivity contribution in [1.29, 1.82) is 0 Å². The van der Waals surface area contributed by atoms with Gasteiger partial charge in [0.2, 0.25) is 6.86 Å². The molecule has 0 saturated heterocycles. The van der Waals surface area contributed by atoms with E-state index in [0.29, 0.717) is 17.7 Å². The Bertz CT molecular complexity index is 523. The van der Waals surface area contributed by atoms with Crippen LogP contribution in [0, 0.1) is 0 Å². The zero-order valence-electron chi connectivity index (χ0n) is 9.80. The normalized spacial score (nSPS) is 10.1. The summed E-state index contributed by atoms with van der Waals surface area (Å²) in [5, 5.41) is 0. The maximum Gasteiger partial charge on any atom is 0.228 e. The Morgan fingerprint density at radius 3 is 2.56 bits per heavy atom. The second-order valence-electron chi connectivity index (χ2n) is 3.87. The van der Waals surface area contributed by atoms with E-state index < -0.39 is 6.86 Å². The highest BCUT2D eigenvalue weighted by atomic mass is 19.1. The minimum atomic E-state index is -0.893. The molecule has 0 aliphatic heterocycles. The lowest BCUT2D eigenvalue weighted by atomic mass is 10.0. The molecule has 0 heterocycles. The number of Topliss-reactive ketones (excluding diaryl/α,β-unsaturated/α-hetero) is 1. The van der Waals surface area contributed by atoms with E-state index in [2.05, 4.69) is 0 Å². The summed E-state index contributed by atoms with van der Waals surface area (Å²) < 4.78 is 16.8. The van der Waals surface area contributed by atoms with Crippen LogP contribution in [-0.4, -0.2) is 12.6 Å². The number of carbonyl (C=O) groups is 1. The van der Waals surface area contributed by atoms with Gasteiger partial charge in [0.25, 0.3) is 0 Å². The van der Waals surface area contributed by atoms with Crippen LogP contribution >= 0.6 is 0 Å². The molecule has 0 amide bonds. The van der Waals surface area contributed by atoms with E-state index in [1.54, 1.807) is 24.3 Å². The summed E-state index contributed by atoms with van der Waals surface area (Å²) in [6, 6.07) is 16.1. The fourth-order valence-electron chi connectivity index (χ4n) is 1.71. The van der Waals surface area contributed by atoms with E-state index in [4.69, 9.17) is 4.74 Å². The second-order valence-corrected chi connectivity index (χ2v) is 3.87. The van der Waals surface area contributed by atoms with Crippen LogP contribution in [0.1, 0.15) is 15.9 Å². The van der Waals surface area contributed by atoms with Gasteiger partial charge in [-0.3, -0.25) is 4.79 Å². The van der Waals surface area contributed by atoms with Crippen molar-refractivity contribution >= 4 is 5.78 Å². The largest absolute Gasteiger partial charge is 0.463 e. The Labute approximate surface area is 105 Å². The molecule has 92 valence electrons. The Balaban J connectivity index is 2.11. The van der Waals surface area contributed by atoms with Crippen LogP contribution in [0.25, 0.3) is 0 Å². The Morgan fingerprint density at radius 2 is 1.83 bits per heavy atom. The quantitative estimate of drug-likeness (QED) is 0.753. The number of hydrogen-bond acceptors (Lipinski definition) is 2. The number of benzene rings is 2. The van der Waals surface area contributed by atoms with Crippen molar-refractivity contribution in [1.82, 2.24) is 0 Å². The van der Waals surface area contributed by atoms with Crippen LogP contribution in [0.4, 0.5) is 4.39 Å². The van der Waals surface area contributed by atoms with Gasteiger partial charge in [-0.15, -0.1) is 0 Å². The molecule has 0 radical (unpaired) electrons. The Morgan fingerprint density at radius 1 is 1.06 bits per heavy atom. The van der Waals surface area contributed by atoms with Gasteiger partial charge in [-0.1, -0.05) is 42.5 Å². The average molecular weight is 244 g/mol. The number of ether oxygens (including phenoxy) is 1. The number of alkyl halides is 1. The smallest absolute Gasteiger partial charge is 0.228 e. The van der Waals surface area contributed by atoms with Gasteiger partial charge in [0, 0.05) is 12.0 Å². The fourth-order valence-corrected chi connectivity index (χ4v) is 1.71. The van der Waals surface area contributed by atoms with Crippen molar-refractivity contribution in [3.8, 4) is 5.75 Å². The first kappa shape index (κ1) is 12.3. The van der Waals surface area contributed by atoms with Crippen molar-refractivity contribution in [2.24, 2.45) is 0 Å². The summed E-state index contributed by atoms with van der Waals surface area (Å²) in [6.45, 7) is -0.893. The topological polar surface area (TPSA) is 26.3 Å². The van der Waals surface area contributed by atoms with Crippen LogP contribution in [0.15, 0.2) is 54.6 Å². The molecule has 2 rings (SSSR count). The highest BCUT2D eigenvalue weighted by Crippen LogP contribution is 2.15. The van der Waals surface area contributed by atoms with Gasteiger partial charge in [0.05, 0.1) is 0 Å². The first-order valence-electron chi connectivity index (χ1n) is 5.65.